The minimum absolute atomic E-state index is 0.0133. The number of carbonyl (C=O) groups is 2. The first-order valence-corrected chi connectivity index (χ1v) is 10.1. The van der Waals surface area contributed by atoms with Gasteiger partial charge in [-0.3, -0.25) is 14.6 Å². The van der Waals surface area contributed by atoms with Crippen LogP contribution in [0.1, 0.15) is 51.5 Å². The van der Waals surface area contributed by atoms with Gasteiger partial charge in [-0.15, -0.1) is 0 Å². The second kappa shape index (κ2) is 8.22. The van der Waals surface area contributed by atoms with E-state index in [2.05, 4.69) is 27.0 Å². The summed E-state index contributed by atoms with van der Waals surface area (Å²) in [6.45, 7) is 7.28. The minimum atomic E-state index is -0.206. The molecule has 1 saturated heterocycles. The lowest BCUT2D eigenvalue weighted by Gasteiger charge is -2.33. The predicted molar refractivity (Wildman–Crippen MR) is 112 cm³/mol. The molecular weight excluding hydrogens is 382 g/mol. The fourth-order valence-corrected chi connectivity index (χ4v) is 4.29. The van der Waals surface area contributed by atoms with E-state index in [1.807, 2.05) is 11.8 Å². The Hall–Kier alpha value is -3.29. The zero-order valence-electron chi connectivity index (χ0n) is 17.0. The molecule has 2 amide bonds. The van der Waals surface area contributed by atoms with E-state index in [1.165, 1.54) is 6.33 Å². The van der Waals surface area contributed by atoms with Crippen LogP contribution in [0, 0.1) is 18.3 Å². The van der Waals surface area contributed by atoms with E-state index >= 15 is 0 Å². The molecule has 1 aliphatic heterocycles. The van der Waals surface area contributed by atoms with Crippen LogP contribution in [-0.2, 0) is 0 Å². The predicted octanol–water partition coefficient (Wildman–Crippen LogP) is 2.72. The summed E-state index contributed by atoms with van der Waals surface area (Å²) < 4.78 is 5.57. The number of hydrogen-bond donors (Lipinski definition) is 1. The van der Waals surface area contributed by atoms with E-state index in [4.69, 9.17) is 4.42 Å². The van der Waals surface area contributed by atoms with Gasteiger partial charge >= 0.3 is 0 Å². The number of aliphatic imine (C=N–C) groups is 1. The quantitative estimate of drug-likeness (QED) is 0.742. The Kier molecular flexibility index (Phi) is 5.48. The van der Waals surface area contributed by atoms with Crippen LogP contribution in [0.15, 0.2) is 40.4 Å². The van der Waals surface area contributed by atoms with Crippen LogP contribution < -0.4 is 5.32 Å². The van der Waals surface area contributed by atoms with Gasteiger partial charge in [0, 0.05) is 43.8 Å². The number of piperidine rings is 1. The largest absolute Gasteiger partial charge is 0.456 e. The van der Waals surface area contributed by atoms with Gasteiger partial charge in [-0.2, -0.15) is 0 Å². The van der Waals surface area contributed by atoms with Crippen LogP contribution in [0.3, 0.4) is 0 Å². The maximum absolute atomic E-state index is 12.5. The minimum Gasteiger partial charge on any atom is -0.456 e. The van der Waals surface area contributed by atoms with Gasteiger partial charge in [0.15, 0.2) is 5.76 Å². The molecule has 3 heterocycles. The number of rotatable bonds is 6. The summed E-state index contributed by atoms with van der Waals surface area (Å²) >= 11 is 0. The number of nitrogens with one attached hydrogen (secondary N) is 1. The monoisotopic (exact) mass is 407 g/mol. The molecule has 2 fully saturated rings. The van der Waals surface area contributed by atoms with E-state index in [0.717, 1.165) is 37.9 Å². The van der Waals surface area contributed by atoms with Crippen LogP contribution in [0.5, 0.6) is 0 Å². The van der Waals surface area contributed by atoms with Gasteiger partial charge in [0.1, 0.15) is 12.1 Å². The third-order valence-electron chi connectivity index (χ3n) is 6.26. The van der Waals surface area contributed by atoms with Gasteiger partial charge in [-0.05, 0) is 56.4 Å². The highest BCUT2D eigenvalue weighted by Gasteiger charge is 2.54. The lowest BCUT2D eigenvalue weighted by atomic mass is 9.90. The number of hydrogen-bond acceptors (Lipinski definition) is 6. The lowest BCUT2D eigenvalue weighted by molar-refractivity contribution is 0.0668. The first kappa shape index (κ1) is 20.0. The standard InChI is InChI=1S/C22H25N5O3/c1-15-16(3-6-23-2)9-19(30-15)20(28)26-13-18-10-22(18)4-7-27(8-5-22)21(29)17-11-24-14-25-12-17/h3,6,9,11-12,14,18H,2,4-5,7-8,10,13H2,1H3,(H,26,28)/b6-3-. The Morgan fingerprint density at radius 1 is 1.37 bits per heavy atom. The zero-order chi connectivity index (χ0) is 21.1. The summed E-state index contributed by atoms with van der Waals surface area (Å²) in [5, 5.41) is 3.00. The van der Waals surface area contributed by atoms with Gasteiger partial charge in [0.05, 0.1) is 5.56 Å². The maximum atomic E-state index is 12.5. The molecule has 2 aromatic rings. The van der Waals surface area contributed by atoms with Crippen LogP contribution in [0.25, 0.3) is 6.08 Å². The molecule has 0 bridgehead atoms. The molecule has 8 heteroatoms. The Morgan fingerprint density at radius 3 is 2.80 bits per heavy atom. The van der Waals surface area contributed by atoms with E-state index < -0.39 is 0 Å². The Labute approximate surface area is 175 Å². The van der Waals surface area contributed by atoms with Gasteiger partial charge < -0.3 is 14.6 Å². The van der Waals surface area contributed by atoms with E-state index in [1.54, 1.807) is 30.7 Å². The van der Waals surface area contributed by atoms with Crippen molar-refractivity contribution in [1.29, 1.82) is 0 Å². The summed E-state index contributed by atoms with van der Waals surface area (Å²) in [6, 6.07) is 1.71. The van der Waals surface area contributed by atoms with Crippen molar-refractivity contribution >= 4 is 24.6 Å². The fraction of sp³-hybridized carbons (Fsp3) is 0.409. The average molecular weight is 407 g/mol. The summed E-state index contributed by atoms with van der Waals surface area (Å²) in [4.78, 5) is 38.4. The van der Waals surface area contributed by atoms with Crippen molar-refractivity contribution in [1.82, 2.24) is 20.2 Å². The molecule has 1 aliphatic carbocycles. The number of carbonyl (C=O) groups excluding carboxylic acids is 2. The molecule has 8 nitrogen and oxygen atoms in total. The first-order valence-electron chi connectivity index (χ1n) is 10.1. The van der Waals surface area contributed by atoms with Crippen molar-refractivity contribution in [2.24, 2.45) is 16.3 Å². The SMILES string of the molecule is C=N/C=C\c1cc(C(=O)NCC2CC23CCN(C(=O)c2cncnc2)CC3)oc1C. The van der Waals surface area contributed by atoms with Crippen molar-refractivity contribution < 1.29 is 14.0 Å². The summed E-state index contributed by atoms with van der Waals surface area (Å²) in [6.07, 6.45) is 10.9. The first-order chi connectivity index (χ1) is 14.5. The molecule has 1 unspecified atom stereocenters. The third kappa shape index (κ3) is 4.03. The van der Waals surface area contributed by atoms with Gasteiger partial charge in [-0.25, -0.2) is 9.97 Å². The van der Waals surface area contributed by atoms with E-state index in [-0.39, 0.29) is 17.2 Å². The molecule has 156 valence electrons. The highest BCUT2D eigenvalue weighted by molar-refractivity contribution is 5.93. The van der Waals surface area contributed by atoms with Crippen molar-refractivity contribution in [2.45, 2.75) is 26.2 Å². The lowest BCUT2D eigenvalue weighted by Crippen LogP contribution is -2.40. The molecular formula is C22H25N5O3. The van der Waals surface area contributed by atoms with Crippen LogP contribution in [0.2, 0.25) is 0 Å². The van der Waals surface area contributed by atoms with Crippen molar-refractivity contribution in [3.63, 3.8) is 0 Å². The Balaban J connectivity index is 1.27. The number of nitrogens with zero attached hydrogens (tertiary/aromatic N) is 4. The number of aryl methyl sites for hydroxylation is 1. The highest BCUT2D eigenvalue weighted by Crippen LogP contribution is 2.59. The second-order valence-electron chi connectivity index (χ2n) is 8.01. The molecule has 1 spiro atoms. The Morgan fingerprint density at radius 2 is 2.10 bits per heavy atom. The average Bonchev–Trinajstić information content (AvgIpc) is 3.30. The van der Waals surface area contributed by atoms with Gasteiger partial charge in [0.2, 0.25) is 0 Å². The number of likely N-dealkylation sites (tertiary alicyclic amines) is 1. The smallest absolute Gasteiger partial charge is 0.287 e. The Bertz CT molecular complexity index is 974. The van der Waals surface area contributed by atoms with Crippen molar-refractivity contribution in [3.05, 3.63) is 53.6 Å². The molecule has 4 rings (SSSR count). The van der Waals surface area contributed by atoms with E-state index in [9.17, 15) is 9.59 Å². The summed E-state index contributed by atoms with van der Waals surface area (Å²) in [5.41, 5.74) is 1.58. The van der Waals surface area contributed by atoms with Crippen LogP contribution >= 0.6 is 0 Å². The second-order valence-corrected chi connectivity index (χ2v) is 8.01. The molecule has 0 radical (unpaired) electrons. The van der Waals surface area contributed by atoms with E-state index in [0.29, 0.717) is 29.5 Å². The molecule has 2 aromatic heterocycles. The van der Waals surface area contributed by atoms with Gasteiger partial charge in [-0.1, -0.05) is 0 Å². The number of furan rings is 1. The van der Waals surface area contributed by atoms with Crippen molar-refractivity contribution in [3.8, 4) is 0 Å². The normalized spacial score (nSPS) is 19.8. The number of aromatic nitrogens is 2. The zero-order valence-corrected chi connectivity index (χ0v) is 17.0. The molecule has 30 heavy (non-hydrogen) atoms. The topological polar surface area (TPSA) is 101 Å². The molecule has 1 N–H and O–H groups in total. The van der Waals surface area contributed by atoms with Crippen molar-refractivity contribution in [2.75, 3.05) is 19.6 Å². The molecule has 0 aromatic carbocycles. The van der Waals surface area contributed by atoms with Crippen LogP contribution in [0.4, 0.5) is 0 Å². The maximum Gasteiger partial charge on any atom is 0.287 e. The summed E-state index contributed by atoms with van der Waals surface area (Å²) in [5.74, 6) is 1.20. The molecule has 1 atom stereocenters. The fourth-order valence-electron chi connectivity index (χ4n) is 4.29. The third-order valence-corrected chi connectivity index (χ3v) is 6.26. The highest BCUT2D eigenvalue weighted by atomic mass is 16.3. The summed E-state index contributed by atoms with van der Waals surface area (Å²) in [7, 11) is 0. The molecule has 1 saturated carbocycles. The van der Waals surface area contributed by atoms with Gasteiger partial charge in [0.25, 0.3) is 11.8 Å². The number of amides is 2. The molecule has 2 aliphatic rings. The van der Waals surface area contributed by atoms with Crippen LogP contribution in [-0.4, -0.2) is 53.0 Å².